The zero-order chi connectivity index (χ0) is 20.3. The summed E-state index contributed by atoms with van der Waals surface area (Å²) in [7, 11) is 7.63. The van der Waals surface area contributed by atoms with Crippen LogP contribution in [0.1, 0.15) is 10.5 Å². The lowest BCUT2D eigenvalue weighted by Gasteiger charge is -2.14. The predicted octanol–water partition coefficient (Wildman–Crippen LogP) is 3.15. The average Bonchev–Trinajstić information content (AvgIpc) is 2.75. The molecule has 0 aliphatic heterocycles. The van der Waals surface area contributed by atoms with Crippen LogP contribution in [-0.4, -0.2) is 51.8 Å². The van der Waals surface area contributed by atoms with Gasteiger partial charge in [0.1, 0.15) is 5.69 Å². The molecule has 3 aromatic rings. The van der Waals surface area contributed by atoms with E-state index >= 15 is 0 Å². The normalized spacial score (nSPS) is 10.5. The molecule has 0 bridgehead atoms. The number of aldehydes is 1. The molecule has 8 nitrogen and oxygen atoms in total. The lowest BCUT2D eigenvalue weighted by atomic mass is 10.1. The third-order valence-corrected chi connectivity index (χ3v) is 4.27. The quantitative estimate of drug-likeness (QED) is 0.574. The van der Waals surface area contributed by atoms with Crippen molar-refractivity contribution in [3.63, 3.8) is 0 Å². The number of hydrogen-bond donors (Lipinski definition) is 0. The Labute approximate surface area is 162 Å². The molecule has 0 fully saturated rings. The maximum atomic E-state index is 11.7. The number of benzene rings is 2. The summed E-state index contributed by atoms with van der Waals surface area (Å²) in [6, 6.07) is 6.82. The Morgan fingerprint density at radius 1 is 0.714 bits per heavy atom. The van der Waals surface area contributed by atoms with Crippen molar-refractivity contribution in [1.29, 1.82) is 0 Å². The van der Waals surface area contributed by atoms with Crippen molar-refractivity contribution in [2.24, 2.45) is 0 Å². The van der Waals surface area contributed by atoms with E-state index in [1.165, 1.54) is 35.5 Å². The smallest absolute Gasteiger partial charge is 0.203 e. The van der Waals surface area contributed by atoms with Gasteiger partial charge < -0.3 is 23.7 Å². The number of methoxy groups -OCH3 is 5. The van der Waals surface area contributed by atoms with Gasteiger partial charge in [0.25, 0.3) is 0 Å². The van der Waals surface area contributed by atoms with E-state index in [0.29, 0.717) is 57.3 Å². The Kier molecular flexibility index (Phi) is 5.49. The predicted molar refractivity (Wildman–Crippen MR) is 103 cm³/mol. The van der Waals surface area contributed by atoms with Crippen LogP contribution in [0.4, 0.5) is 0 Å². The number of nitrogens with zero attached hydrogens (tertiary/aromatic N) is 2. The molecular weight excluding hydrogens is 364 g/mol. The largest absolute Gasteiger partial charge is 0.493 e. The highest BCUT2D eigenvalue weighted by Gasteiger charge is 2.18. The van der Waals surface area contributed by atoms with Crippen LogP contribution >= 0.6 is 0 Å². The van der Waals surface area contributed by atoms with E-state index in [9.17, 15) is 4.79 Å². The summed E-state index contributed by atoms with van der Waals surface area (Å²) in [5.41, 5.74) is 1.38. The first-order chi connectivity index (χ1) is 13.6. The molecule has 3 rings (SSSR count). The van der Waals surface area contributed by atoms with E-state index in [1.807, 2.05) is 0 Å². The minimum Gasteiger partial charge on any atom is -0.493 e. The van der Waals surface area contributed by atoms with Crippen LogP contribution in [0.5, 0.6) is 28.7 Å². The summed E-state index contributed by atoms with van der Waals surface area (Å²) in [5.74, 6) is 2.70. The Morgan fingerprint density at radius 3 is 1.79 bits per heavy atom. The fourth-order valence-corrected chi connectivity index (χ4v) is 2.91. The first kappa shape index (κ1) is 19.2. The highest BCUT2D eigenvalue weighted by Crippen LogP contribution is 2.41. The van der Waals surface area contributed by atoms with E-state index in [2.05, 4.69) is 9.97 Å². The minimum atomic E-state index is 0.231. The van der Waals surface area contributed by atoms with Crippen LogP contribution in [0.25, 0.3) is 22.3 Å². The summed E-state index contributed by atoms with van der Waals surface area (Å²) in [6.45, 7) is 0. The van der Waals surface area contributed by atoms with Gasteiger partial charge in [0.2, 0.25) is 5.75 Å². The Bertz CT molecular complexity index is 1010. The maximum Gasteiger partial charge on any atom is 0.203 e. The number of carbonyl (C=O) groups excluding carboxylic acids is 1. The molecule has 0 radical (unpaired) electrons. The summed E-state index contributed by atoms with van der Waals surface area (Å²) < 4.78 is 26.8. The van der Waals surface area contributed by atoms with Gasteiger partial charge in [-0.2, -0.15) is 0 Å². The first-order valence-electron chi connectivity index (χ1n) is 8.29. The van der Waals surface area contributed by atoms with Crippen molar-refractivity contribution in [3.8, 4) is 40.1 Å². The third-order valence-electron chi connectivity index (χ3n) is 4.27. The number of aromatic nitrogens is 2. The molecular formula is C20H20N2O6. The number of fused-ring (bicyclic) bond motifs is 1. The second-order valence-electron chi connectivity index (χ2n) is 5.69. The molecule has 28 heavy (non-hydrogen) atoms. The first-order valence-corrected chi connectivity index (χ1v) is 8.29. The zero-order valence-electron chi connectivity index (χ0n) is 16.2. The van der Waals surface area contributed by atoms with Gasteiger partial charge in [0.15, 0.2) is 35.1 Å². The molecule has 0 aliphatic rings. The summed E-state index contributed by atoms with van der Waals surface area (Å²) in [6.07, 6.45) is 0.678. The van der Waals surface area contributed by atoms with Gasteiger partial charge in [-0.05, 0) is 18.2 Å². The molecule has 0 aliphatic carbocycles. The standard InChI is InChI=1S/C20H20N2O6/c1-24-15-8-12-13(9-16(15)25-2)21-20(22-14(12)10-23)11-6-17(26-3)19(28-5)18(7-11)27-4/h6-10H,1-5H3. The lowest BCUT2D eigenvalue weighted by Crippen LogP contribution is -2.01. The fourth-order valence-electron chi connectivity index (χ4n) is 2.91. The van der Waals surface area contributed by atoms with Crippen LogP contribution < -0.4 is 23.7 Å². The SMILES string of the molecule is COc1cc2nc(-c3cc(OC)c(OC)c(OC)c3)nc(C=O)c2cc1OC. The Hall–Kier alpha value is -3.55. The molecule has 0 saturated carbocycles. The summed E-state index contributed by atoms with van der Waals surface area (Å²) in [4.78, 5) is 20.7. The van der Waals surface area contributed by atoms with Crippen molar-refractivity contribution in [3.05, 3.63) is 30.0 Å². The zero-order valence-corrected chi connectivity index (χ0v) is 16.2. The molecule has 146 valence electrons. The highest BCUT2D eigenvalue weighted by atomic mass is 16.5. The van der Waals surface area contributed by atoms with Gasteiger partial charge in [-0.1, -0.05) is 0 Å². The second kappa shape index (κ2) is 7.99. The van der Waals surface area contributed by atoms with Crippen molar-refractivity contribution < 1.29 is 28.5 Å². The topological polar surface area (TPSA) is 89.0 Å². The number of hydrogen-bond acceptors (Lipinski definition) is 8. The number of carbonyl (C=O) groups is 1. The molecule has 2 aromatic carbocycles. The summed E-state index contributed by atoms with van der Waals surface area (Å²) >= 11 is 0. The molecule has 0 amide bonds. The molecule has 1 aromatic heterocycles. The number of ether oxygens (including phenoxy) is 5. The molecule has 8 heteroatoms. The van der Waals surface area contributed by atoms with Crippen molar-refractivity contribution in [1.82, 2.24) is 9.97 Å². The molecule has 0 N–H and O–H groups in total. The molecule has 0 atom stereocenters. The summed E-state index contributed by atoms with van der Waals surface area (Å²) in [5, 5.41) is 0.559. The second-order valence-corrected chi connectivity index (χ2v) is 5.69. The lowest BCUT2D eigenvalue weighted by molar-refractivity contribution is 0.112. The Morgan fingerprint density at radius 2 is 1.29 bits per heavy atom. The van der Waals surface area contributed by atoms with Gasteiger partial charge in [0, 0.05) is 17.0 Å². The number of rotatable bonds is 7. The third kappa shape index (κ3) is 3.24. The van der Waals surface area contributed by atoms with Crippen molar-refractivity contribution in [2.45, 2.75) is 0 Å². The van der Waals surface area contributed by atoms with E-state index in [0.717, 1.165) is 0 Å². The van der Waals surface area contributed by atoms with Crippen LogP contribution in [0, 0.1) is 0 Å². The van der Waals surface area contributed by atoms with Gasteiger partial charge >= 0.3 is 0 Å². The van der Waals surface area contributed by atoms with Crippen LogP contribution in [0.3, 0.4) is 0 Å². The highest BCUT2D eigenvalue weighted by molar-refractivity contribution is 5.97. The van der Waals surface area contributed by atoms with Crippen LogP contribution in [-0.2, 0) is 0 Å². The van der Waals surface area contributed by atoms with Crippen LogP contribution in [0.2, 0.25) is 0 Å². The van der Waals surface area contributed by atoms with E-state index in [-0.39, 0.29) is 5.69 Å². The molecule has 0 spiro atoms. The van der Waals surface area contributed by atoms with Gasteiger partial charge in [-0.3, -0.25) is 4.79 Å². The van der Waals surface area contributed by atoms with Crippen molar-refractivity contribution in [2.75, 3.05) is 35.5 Å². The molecule has 0 saturated heterocycles. The minimum absolute atomic E-state index is 0.231. The van der Waals surface area contributed by atoms with Crippen molar-refractivity contribution >= 4 is 17.2 Å². The fraction of sp³-hybridized carbons (Fsp3) is 0.250. The monoisotopic (exact) mass is 384 g/mol. The van der Waals surface area contributed by atoms with Gasteiger partial charge in [-0.15, -0.1) is 0 Å². The Balaban J connectivity index is 2.28. The van der Waals surface area contributed by atoms with E-state index in [1.54, 1.807) is 24.3 Å². The van der Waals surface area contributed by atoms with E-state index < -0.39 is 0 Å². The van der Waals surface area contributed by atoms with E-state index in [4.69, 9.17) is 23.7 Å². The van der Waals surface area contributed by atoms with Crippen LogP contribution in [0.15, 0.2) is 24.3 Å². The van der Waals surface area contributed by atoms with Gasteiger partial charge in [0.05, 0.1) is 41.1 Å². The van der Waals surface area contributed by atoms with Gasteiger partial charge in [-0.25, -0.2) is 9.97 Å². The maximum absolute atomic E-state index is 11.7. The molecule has 1 heterocycles. The average molecular weight is 384 g/mol. The molecule has 0 unspecified atom stereocenters.